The lowest BCUT2D eigenvalue weighted by molar-refractivity contribution is -0.385. The average molecular weight is 380 g/mol. The van der Waals surface area contributed by atoms with E-state index in [1.807, 2.05) is 0 Å². The minimum Gasteiger partial charge on any atom is -0.355 e. The Balaban J connectivity index is 1.99. The van der Waals surface area contributed by atoms with Gasteiger partial charge < -0.3 is 10.6 Å². The molecule has 2 amide bonds. The zero-order valence-corrected chi connectivity index (χ0v) is 14.8. The highest BCUT2D eigenvalue weighted by Crippen LogP contribution is 2.39. The summed E-state index contributed by atoms with van der Waals surface area (Å²) in [6.45, 7) is 0. The molecule has 0 spiro atoms. The van der Waals surface area contributed by atoms with Crippen LogP contribution in [0.5, 0.6) is 0 Å². The second-order valence-electron chi connectivity index (χ2n) is 5.51. The van der Waals surface area contributed by atoms with Crippen LogP contribution in [-0.4, -0.2) is 23.8 Å². The number of nitro benzene ring substituents is 1. The number of nitro groups is 1. The van der Waals surface area contributed by atoms with Crippen molar-refractivity contribution in [2.75, 3.05) is 12.4 Å². The summed E-state index contributed by atoms with van der Waals surface area (Å²) in [6.07, 6.45) is 2.61. The molecule has 3 rings (SSSR count). The zero-order valence-electron chi connectivity index (χ0n) is 13.2. The summed E-state index contributed by atoms with van der Waals surface area (Å²) in [5.74, 6) is -0.949. The number of thiophene rings is 1. The van der Waals surface area contributed by atoms with Crippen LogP contribution >= 0.6 is 22.9 Å². The molecule has 0 radical (unpaired) electrons. The fraction of sp³-hybridized carbons (Fsp3) is 0.250. The molecule has 25 heavy (non-hydrogen) atoms. The van der Waals surface area contributed by atoms with Crippen LogP contribution in [0, 0.1) is 10.1 Å². The van der Waals surface area contributed by atoms with Gasteiger partial charge in [0.25, 0.3) is 17.5 Å². The van der Waals surface area contributed by atoms with E-state index in [-0.39, 0.29) is 22.2 Å². The number of anilines is 1. The van der Waals surface area contributed by atoms with Crippen molar-refractivity contribution < 1.29 is 14.5 Å². The van der Waals surface area contributed by atoms with Gasteiger partial charge in [0.05, 0.1) is 10.5 Å². The van der Waals surface area contributed by atoms with E-state index in [1.54, 1.807) is 0 Å². The molecule has 0 aliphatic heterocycles. The van der Waals surface area contributed by atoms with Gasteiger partial charge in [0.1, 0.15) is 10.6 Å². The average Bonchev–Trinajstić information content (AvgIpc) is 3.14. The Morgan fingerprint density at radius 3 is 2.72 bits per heavy atom. The third-order valence-electron chi connectivity index (χ3n) is 4.00. The molecule has 1 heterocycles. The van der Waals surface area contributed by atoms with Crippen LogP contribution < -0.4 is 10.6 Å². The van der Waals surface area contributed by atoms with Gasteiger partial charge in [-0.25, -0.2) is 0 Å². The number of hydrogen-bond donors (Lipinski definition) is 2. The molecule has 130 valence electrons. The van der Waals surface area contributed by atoms with Crippen LogP contribution in [0.2, 0.25) is 5.02 Å². The molecule has 0 saturated carbocycles. The van der Waals surface area contributed by atoms with E-state index in [2.05, 4.69) is 10.6 Å². The Hall–Kier alpha value is -2.45. The second kappa shape index (κ2) is 6.81. The molecule has 1 aromatic carbocycles. The largest absolute Gasteiger partial charge is 0.355 e. The molecule has 0 fully saturated rings. The highest BCUT2D eigenvalue weighted by atomic mass is 35.5. The smallest absolute Gasteiger partial charge is 0.282 e. The summed E-state index contributed by atoms with van der Waals surface area (Å²) in [5, 5.41) is 17.0. The van der Waals surface area contributed by atoms with Crippen molar-refractivity contribution in [3.05, 3.63) is 54.9 Å². The van der Waals surface area contributed by atoms with E-state index >= 15 is 0 Å². The molecular formula is C16H14ClN3O4S. The number of halogens is 1. The van der Waals surface area contributed by atoms with E-state index in [4.69, 9.17) is 11.6 Å². The van der Waals surface area contributed by atoms with Crippen LogP contribution in [0.4, 0.5) is 10.7 Å². The lowest BCUT2D eigenvalue weighted by Crippen LogP contribution is -2.21. The number of rotatable bonds is 4. The van der Waals surface area contributed by atoms with E-state index in [0.717, 1.165) is 29.7 Å². The molecule has 1 aliphatic rings. The molecule has 2 N–H and O–H groups in total. The molecule has 7 nitrogen and oxygen atoms in total. The standard InChI is InChI=1S/C16H14ClN3O4S/c1-18-15(22)13-9-3-2-4-12(9)25-16(13)19-14(21)10-7-8(17)5-6-11(10)20(23)24/h5-7H,2-4H2,1H3,(H,18,22)(H,19,21). The molecular weight excluding hydrogens is 366 g/mol. The molecule has 1 aliphatic carbocycles. The van der Waals surface area contributed by atoms with Gasteiger partial charge in [0.15, 0.2) is 0 Å². The van der Waals surface area contributed by atoms with Crippen LogP contribution in [0.15, 0.2) is 18.2 Å². The number of carbonyl (C=O) groups is 2. The number of carbonyl (C=O) groups excluding carboxylic acids is 2. The van der Waals surface area contributed by atoms with Gasteiger partial charge in [-0.3, -0.25) is 19.7 Å². The van der Waals surface area contributed by atoms with Gasteiger partial charge in [-0.2, -0.15) is 0 Å². The number of benzene rings is 1. The van der Waals surface area contributed by atoms with Crippen molar-refractivity contribution in [3.63, 3.8) is 0 Å². The maximum absolute atomic E-state index is 12.6. The van der Waals surface area contributed by atoms with Gasteiger partial charge in [-0.15, -0.1) is 11.3 Å². The van der Waals surface area contributed by atoms with Gasteiger partial charge >= 0.3 is 0 Å². The minimum absolute atomic E-state index is 0.145. The summed E-state index contributed by atoms with van der Waals surface area (Å²) in [6, 6.07) is 3.79. The molecule has 0 atom stereocenters. The number of aryl methyl sites for hydroxylation is 1. The van der Waals surface area contributed by atoms with Crippen LogP contribution in [0.25, 0.3) is 0 Å². The maximum Gasteiger partial charge on any atom is 0.282 e. The first kappa shape index (κ1) is 17.4. The highest BCUT2D eigenvalue weighted by molar-refractivity contribution is 7.17. The Kier molecular flexibility index (Phi) is 4.73. The van der Waals surface area contributed by atoms with Crippen molar-refractivity contribution in [1.82, 2.24) is 5.32 Å². The van der Waals surface area contributed by atoms with Gasteiger partial charge in [-0.1, -0.05) is 11.6 Å². The van der Waals surface area contributed by atoms with Crippen molar-refractivity contribution in [2.24, 2.45) is 0 Å². The lowest BCUT2D eigenvalue weighted by Gasteiger charge is -2.08. The lowest BCUT2D eigenvalue weighted by atomic mass is 10.1. The van der Waals surface area contributed by atoms with Gasteiger partial charge in [0, 0.05) is 23.0 Å². The Morgan fingerprint density at radius 2 is 2.04 bits per heavy atom. The summed E-state index contributed by atoms with van der Waals surface area (Å²) in [7, 11) is 1.52. The van der Waals surface area contributed by atoms with E-state index < -0.39 is 10.8 Å². The first-order valence-corrected chi connectivity index (χ1v) is 8.73. The predicted molar refractivity (Wildman–Crippen MR) is 95.8 cm³/mol. The topological polar surface area (TPSA) is 101 Å². The molecule has 2 aromatic rings. The summed E-state index contributed by atoms with van der Waals surface area (Å²) in [5.41, 5.74) is 0.902. The van der Waals surface area contributed by atoms with E-state index in [9.17, 15) is 19.7 Å². The first-order chi connectivity index (χ1) is 11.9. The highest BCUT2D eigenvalue weighted by Gasteiger charge is 2.28. The number of nitrogens with one attached hydrogen (secondary N) is 2. The van der Waals surface area contributed by atoms with Crippen LogP contribution in [-0.2, 0) is 12.8 Å². The maximum atomic E-state index is 12.6. The first-order valence-electron chi connectivity index (χ1n) is 7.54. The fourth-order valence-corrected chi connectivity index (χ4v) is 4.33. The molecule has 0 saturated heterocycles. The van der Waals surface area contributed by atoms with Crippen molar-refractivity contribution in [1.29, 1.82) is 0 Å². The summed E-state index contributed by atoms with van der Waals surface area (Å²) in [4.78, 5) is 36.4. The third-order valence-corrected chi connectivity index (χ3v) is 5.44. The van der Waals surface area contributed by atoms with Crippen molar-refractivity contribution in [2.45, 2.75) is 19.3 Å². The van der Waals surface area contributed by atoms with E-state index in [1.165, 1.54) is 36.6 Å². The molecule has 1 aromatic heterocycles. The molecule has 9 heteroatoms. The Morgan fingerprint density at radius 1 is 1.28 bits per heavy atom. The Labute approximate surface area is 152 Å². The van der Waals surface area contributed by atoms with Crippen molar-refractivity contribution >= 4 is 45.4 Å². The Bertz CT molecular complexity index is 894. The van der Waals surface area contributed by atoms with Gasteiger partial charge in [0.2, 0.25) is 0 Å². The number of nitrogens with zero attached hydrogens (tertiary/aromatic N) is 1. The third kappa shape index (κ3) is 3.22. The predicted octanol–water partition coefficient (Wildman–Crippen LogP) is 3.41. The number of amides is 2. The molecule has 0 unspecified atom stereocenters. The number of fused-ring (bicyclic) bond motifs is 1. The number of hydrogen-bond acceptors (Lipinski definition) is 5. The fourth-order valence-electron chi connectivity index (χ4n) is 2.88. The summed E-state index contributed by atoms with van der Waals surface area (Å²) < 4.78 is 0. The summed E-state index contributed by atoms with van der Waals surface area (Å²) >= 11 is 7.21. The minimum atomic E-state index is -0.667. The second-order valence-corrected chi connectivity index (χ2v) is 7.05. The zero-order chi connectivity index (χ0) is 18.1. The monoisotopic (exact) mass is 379 g/mol. The van der Waals surface area contributed by atoms with E-state index in [0.29, 0.717) is 10.6 Å². The normalized spacial score (nSPS) is 12.6. The quantitative estimate of drug-likeness (QED) is 0.627. The van der Waals surface area contributed by atoms with Crippen LogP contribution in [0.3, 0.4) is 0 Å². The SMILES string of the molecule is CNC(=O)c1c(NC(=O)c2cc(Cl)ccc2[N+](=O)[O-])sc2c1CCC2. The van der Waals surface area contributed by atoms with Gasteiger partial charge in [-0.05, 0) is 37.0 Å². The van der Waals surface area contributed by atoms with Crippen LogP contribution in [0.1, 0.15) is 37.6 Å². The van der Waals surface area contributed by atoms with Crippen molar-refractivity contribution in [3.8, 4) is 0 Å². The molecule has 0 bridgehead atoms.